The molecule has 1 aliphatic carbocycles. The summed E-state index contributed by atoms with van der Waals surface area (Å²) in [6.45, 7) is 4.54. The molecule has 0 amide bonds. The fraction of sp³-hybridized carbons (Fsp3) is 0.500. The van der Waals surface area contributed by atoms with Crippen molar-refractivity contribution in [3.63, 3.8) is 0 Å². The molecule has 112 valence electrons. The number of aryl methyl sites for hydroxylation is 1. The Morgan fingerprint density at radius 3 is 2.95 bits per heavy atom. The van der Waals surface area contributed by atoms with Gasteiger partial charge in [-0.3, -0.25) is 0 Å². The Morgan fingerprint density at radius 1 is 1.52 bits per heavy atom. The molecule has 1 fully saturated rings. The standard InChI is InChI=1S/C14H17N3O3S/c1-3-20-9-4-8(5-9)17-12-10-7(2)11(14(18)19)21-13(10)16-6-15-12/h6,8-9H,3-5H2,1-2H3,(H,18,19)(H,15,16,17). The molecule has 0 saturated heterocycles. The van der Waals surface area contributed by atoms with Crippen LogP contribution in [0.4, 0.5) is 5.82 Å². The summed E-state index contributed by atoms with van der Waals surface area (Å²) in [5, 5.41) is 13.4. The molecule has 0 spiro atoms. The molecule has 0 atom stereocenters. The van der Waals surface area contributed by atoms with Crippen molar-refractivity contribution in [2.45, 2.75) is 38.8 Å². The van der Waals surface area contributed by atoms with Crippen LogP contribution in [0.5, 0.6) is 0 Å². The van der Waals surface area contributed by atoms with Crippen LogP contribution in [0, 0.1) is 6.92 Å². The van der Waals surface area contributed by atoms with Gasteiger partial charge >= 0.3 is 5.97 Å². The maximum Gasteiger partial charge on any atom is 0.346 e. The minimum Gasteiger partial charge on any atom is -0.477 e. The molecule has 0 unspecified atom stereocenters. The molecule has 3 rings (SSSR count). The van der Waals surface area contributed by atoms with Gasteiger partial charge in [0.15, 0.2) is 0 Å². The number of anilines is 1. The smallest absolute Gasteiger partial charge is 0.346 e. The highest BCUT2D eigenvalue weighted by molar-refractivity contribution is 7.20. The third-order valence-electron chi connectivity index (χ3n) is 3.76. The van der Waals surface area contributed by atoms with E-state index < -0.39 is 5.97 Å². The quantitative estimate of drug-likeness (QED) is 0.883. The summed E-state index contributed by atoms with van der Waals surface area (Å²) >= 11 is 1.19. The molecule has 0 aliphatic heterocycles. The van der Waals surface area contributed by atoms with E-state index in [2.05, 4.69) is 15.3 Å². The van der Waals surface area contributed by atoms with Crippen molar-refractivity contribution in [3.05, 3.63) is 16.8 Å². The number of rotatable bonds is 5. The summed E-state index contributed by atoms with van der Waals surface area (Å²) in [4.78, 5) is 20.7. The fourth-order valence-corrected chi connectivity index (χ4v) is 3.62. The van der Waals surface area contributed by atoms with E-state index in [1.807, 2.05) is 6.92 Å². The number of aromatic carboxylic acids is 1. The van der Waals surface area contributed by atoms with Crippen LogP contribution < -0.4 is 5.32 Å². The van der Waals surface area contributed by atoms with Gasteiger partial charge in [-0.15, -0.1) is 11.3 Å². The number of nitrogens with one attached hydrogen (secondary N) is 1. The SMILES string of the molecule is CCOC1CC(Nc2ncnc3sc(C(=O)O)c(C)c23)C1. The van der Waals surface area contributed by atoms with Crippen LogP contribution in [-0.4, -0.2) is 39.8 Å². The summed E-state index contributed by atoms with van der Waals surface area (Å²) in [5.74, 6) is -0.192. The molecule has 0 bridgehead atoms. The Balaban J connectivity index is 1.84. The number of fused-ring (bicyclic) bond motifs is 1. The Hall–Kier alpha value is -1.73. The van der Waals surface area contributed by atoms with Crippen molar-refractivity contribution in [2.24, 2.45) is 0 Å². The molecule has 6 nitrogen and oxygen atoms in total. The summed E-state index contributed by atoms with van der Waals surface area (Å²) in [6.07, 6.45) is 3.70. The topological polar surface area (TPSA) is 84.3 Å². The number of nitrogens with zero attached hydrogens (tertiary/aromatic N) is 2. The van der Waals surface area contributed by atoms with Crippen LogP contribution in [0.2, 0.25) is 0 Å². The van der Waals surface area contributed by atoms with Gasteiger partial charge in [-0.2, -0.15) is 0 Å². The molecule has 1 aliphatic rings. The van der Waals surface area contributed by atoms with E-state index in [1.54, 1.807) is 6.92 Å². The first-order valence-electron chi connectivity index (χ1n) is 6.95. The second-order valence-corrected chi connectivity index (χ2v) is 6.15. The zero-order valence-corrected chi connectivity index (χ0v) is 12.7. The van der Waals surface area contributed by atoms with Gasteiger partial charge in [0.05, 0.1) is 11.5 Å². The van der Waals surface area contributed by atoms with Crippen molar-refractivity contribution in [1.29, 1.82) is 0 Å². The average Bonchev–Trinajstić information content (AvgIpc) is 2.75. The first kappa shape index (κ1) is 14.2. The summed E-state index contributed by atoms with van der Waals surface area (Å²) < 4.78 is 5.54. The molecule has 21 heavy (non-hydrogen) atoms. The lowest BCUT2D eigenvalue weighted by atomic mass is 9.89. The van der Waals surface area contributed by atoms with E-state index in [9.17, 15) is 9.90 Å². The average molecular weight is 307 g/mol. The van der Waals surface area contributed by atoms with Gasteiger partial charge in [0.1, 0.15) is 21.9 Å². The van der Waals surface area contributed by atoms with Crippen molar-refractivity contribution in [3.8, 4) is 0 Å². The zero-order valence-electron chi connectivity index (χ0n) is 11.9. The Labute approximate surface area is 126 Å². The Kier molecular flexibility index (Phi) is 3.77. The fourth-order valence-electron chi connectivity index (χ4n) is 2.63. The first-order chi connectivity index (χ1) is 10.1. The maximum absolute atomic E-state index is 11.2. The number of hydrogen-bond acceptors (Lipinski definition) is 6. The van der Waals surface area contributed by atoms with E-state index in [4.69, 9.17) is 4.74 Å². The van der Waals surface area contributed by atoms with Gasteiger partial charge in [-0.1, -0.05) is 0 Å². The van der Waals surface area contributed by atoms with Crippen LogP contribution in [0.15, 0.2) is 6.33 Å². The van der Waals surface area contributed by atoms with Crippen molar-refractivity contribution >= 4 is 33.3 Å². The lowest BCUT2D eigenvalue weighted by Crippen LogP contribution is -2.41. The molecule has 0 radical (unpaired) electrons. The Morgan fingerprint density at radius 2 is 2.29 bits per heavy atom. The van der Waals surface area contributed by atoms with Crippen LogP contribution in [0.1, 0.15) is 35.0 Å². The van der Waals surface area contributed by atoms with E-state index in [0.29, 0.717) is 21.9 Å². The number of aromatic nitrogens is 2. The monoisotopic (exact) mass is 307 g/mol. The van der Waals surface area contributed by atoms with Crippen molar-refractivity contribution in [2.75, 3.05) is 11.9 Å². The third-order valence-corrected chi connectivity index (χ3v) is 4.95. The van der Waals surface area contributed by atoms with Crippen LogP contribution >= 0.6 is 11.3 Å². The third kappa shape index (κ3) is 2.58. The van der Waals surface area contributed by atoms with Gasteiger partial charge in [0.25, 0.3) is 0 Å². The minimum absolute atomic E-state index is 0.322. The molecule has 7 heteroatoms. The summed E-state index contributed by atoms with van der Waals surface area (Å²) in [7, 11) is 0. The lowest BCUT2D eigenvalue weighted by molar-refractivity contribution is 0.00295. The highest BCUT2D eigenvalue weighted by atomic mass is 32.1. The lowest BCUT2D eigenvalue weighted by Gasteiger charge is -2.35. The predicted molar refractivity (Wildman–Crippen MR) is 81.2 cm³/mol. The highest BCUT2D eigenvalue weighted by Gasteiger charge is 2.30. The molecular weight excluding hydrogens is 290 g/mol. The van der Waals surface area contributed by atoms with E-state index in [0.717, 1.165) is 36.2 Å². The van der Waals surface area contributed by atoms with Gasteiger partial charge < -0.3 is 15.2 Å². The van der Waals surface area contributed by atoms with Crippen LogP contribution in [0.25, 0.3) is 10.2 Å². The number of hydrogen-bond donors (Lipinski definition) is 2. The molecule has 2 aromatic heterocycles. The predicted octanol–water partition coefficient (Wildman–Crippen LogP) is 2.68. The maximum atomic E-state index is 11.2. The van der Waals surface area contributed by atoms with Gasteiger partial charge in [0.2, 0.25) is 0 Å². The van der Waals surface area contributed by atoms with E-state index in [-0.39, 0.29) is 0 Å². The number of carboxylic acid groups (broad SMARTS) is 1. The summed E-state index contributed by atoms with van der Waals surface area (Å²) in [6, 6.07) is 0.326. The largest absolute Gasteiger partial charge is 0.477 e. The van der Waals surface area contributed by atoms with Gasteiger partial charge in [0, 0.05) is 12.6 Å². The molecule has 2 aromatic rings. The van der Waals surface area contributed by atoms with Crippen molar-refractivity contribution in [1.82, 2.24) is 9.97 Å². The minimum atomic E-state index is -0.915. The molecular formula is C14H17N3O3S. The zero-order chi connectivity index (χ0) is 15.0. The normalized spacial score (nSPS) is 21.2. The van der Waals surface area contributed by atoms with Gasteiger partial charge in [-0.25, -0.2) is 14.8 Å². The molecule has 2 N–H and O–H groups in total. The summed E-state index contributed by atoms with van der Waals surface area (Å²) in [5.41, 5.74) is 0.728. The van der Waals surface area contributed by atoms with Crippen LogP contribution in [0.3, 0.4) is 0 Å². The van der Waals surface area contributed by atoms with E-state index >= 15 is 0 Å². The first-order valence-corrected chi connectivity index (χ1v) is 7.77. The number of thiophene rings is 1. The molecule has 1 saturated carbocycles. The van der Waals surface area contributed by atoms with Crippen LogP contribution in [-0.2, 0) is 4.74 Å². The second-order valence-electron chi connectivity index (χ2n) is 5.15. The van der Waals surface area contributed by atoms with Gasteiger partial charge in [-0.05, 0) is 32.3 Å². The number of carboxylic acids is 1. The second kappa shape index (κ2) is 5.57. The molecule has 0 aromatic carbocycles. The molecule has 2 heterocycles. The van der Waals surface area contributed by atoms with E-state index in [1.165, 1.54) is 17.7 Å². The highest BCUT2D eigenvalue weighted by Crippen LogP contribution is 2.35. The number of ether oxygens (including phenoxy) is 1. The van der Waals surface area contributed by atoms with Crippen molar-refractivity contribution < 1.29 is 14.6 Å². The number of carbonyl (C=O) groups is 1. The Bertz CT molecular complexity index is 679.